The number of hydrogen-bond acceptors (Lipinski definition) is 7. The van der Waals surface area contributed by atoms with Gasteiger partial charge in [0.05, 0.1) is 19.8 Å². The first-order valence-corrected chi connectivity index (χ1v) is 26.5. The lowest BCUT2D eigenvalue weighted by Gasteiger charge is -2.20. The Bertz CT molecular complexity index is 1000. The molecule has 0 saturated heterocycles. The van der Waals surface area contributed by atoms with Gasteiger partial charge in [0.25, 0.3) is 0 Å². The zero-order chi connectivity index (χ0) is 43.0. The second-order valence-electron chi connectivity index (χ2n) is 16.7. The molecule has 0 rings (SSSR count). The molecule has 59 heavy (non-hydrogen) atoms. The molecule has 0 radical (unpaired) electrons. The zero-order valence-corrected chi connectivity index (χ0v) is 39.6. The lowest BCUT2D eigenvalue weighted by atomic mass is 10.0. The van der Waals surface area contributed by atoms with Crippen LogP contribution in [0.25, 0.3) is 0 Å². The number of hydrogen-bond donors (Lipinski definition) is 2. The topological polar surface area (TPSA) is 117 Å². The molecule has 0 aliphatic heterocycles. The van der Waals surface area contributed by atoms with Gasteiger partial charge in [0.15, 0.2) is 0 Å². The van der Waals surface area contributed by atoms with E-state index >= 15 is 0 Å². The Morgan fingerprint density at radius 3 is 1.39 bits per heavy atom. The number of ether oxygens (including phenoxy) is 2. The van der Waals surface area contributed by atoms with Crippen molar-refractivity contribution < 1.29 is 32.8 Å². The van der Waals surface area contributed by atoms with Crippen LogP contribution in [-0.2, 0) is 27.9 Å². The number of rotatable bonds is 48. The van der Waals surface area contributed by atoms with Crippen molar-refractivity contribution in [3.63, 3.8) is 0 Å². The monoisotopic (exact) mass is 854 g/mol. The van der Waals surface area contributed by atoms with E-state index in [1.807, 2.05) is 0 Å². The number of phosphoric acid groups is 1. The summed E-state index contributed by atoms with van der Waals surface area (Å²) in [5.74, 6) is -0.332. The van der Waals surface area contributed by atoms with Gasteiger partial charge in [-0.2, -0.15) is 0 Å². The van der Waals surface area contributed by atoms with E-state index < -0.39 is 13.9 Å². The Morgan fingerprint density at radius 2 is 0.915 bits per heavy atom. The highest BCUT2D eigenvalue weighted by molar-refractivity contribution is 7.47. The number of phosphoric ester groups is 1. The maximum atomic E-state index is 12.6. The molecule has 0 fully saturated rings. The van der Waals surface area contributed by atoms with Crippen molar-refractivity contribution in [3.05, 3.63) is 36.5 Å². The predicted octanol–water partition coefficient (Wildman–Crippen LogP) is 15.4. The molecular weight excluding hydrogens is 758 g/mol. The van der Waals surface area contributed by atoms with E-state index in [9.17, 15) is 14.3 Å². The van der Waals surface area contributed by atoms with Crippen LogP contribution in [0.15, 0.2) is 36.5 Å². The van der Waals surface area contributed by atoms with Gasteiger partial charge in [-0.05, 0) is 64.2 Å². The van der Waals surface area contributed by atoms with Crippen molar-refractivity contribution in [3.8, 4) is 0 Å². The van der Waals surface area contributed by atoms with E-state index in [-0.39, 0.29) is 32.3 Å². The molecule has 9 heteroatoms. The number of allylic oxidation sites excluding steroid dienone is 6. The summed E-state index contributed by atoms with van der Waals surface area (Å²) >= 11 is 0. The van der Waals surface area contributed by atoms with Crippen LogP contribution in [-0.4, -0.2) is 49.9 Å². The number of nitrogens with two attached hydrogens (primary N) is 1. The van der Waals surface area contributed by atoms with E-state index in [1.165, 1.54) is 173 Å². The van der Waals surface area contributed by atoms with Crippen LogP contribution in [0.3, 0.4) is 0 Å². The Kier molecular flexibility index (Phi) is 46.7. The lowest BCUT2D eigenvalue weighted by molar-refractivity contribution is -0.154. The van der Waals surface area contributed by atoms with Crippen molar-refractivity contribution in [2.24, 2.45) is 5.73 Å². The average Bonchev–Trinajstić information content (AvgIpc) is 3.23. The Balaban J connectivity index is 3.90. The Morgan fingerprint density at radius 1 is 0.508 bits per heavy atom. The summed E-state index contributed by atoms with van der Waals surface area (Å²) in [6.45, 7) is 4.89. The van der Waals surface area contributed by atoms with Crippen LogP contribution in [0.1, 0.15) is 239 Å². The van der Waals surface area contributed by atoms with E-state index in [0.717, 1.165) is 44.9 Å². The molecule has 0 aromatic carbocycles. The summed E-state index contributed by atoms with van der Waals surface area (Å²) in [5, 5.41) is 0. The molecule has 0 amide bonds. The first kappa shape index (κ1) is 57.7. The Labute approximate surface area is 365 Å². The van der Waals surface area contributed by atoms with E-state index in [2.05, 4.69) is 50.3 Å². The van der Waals surface area contributed by atoms with Crippen LogP contribution in [0.4, 0.5) is 0 Å². The third kappa shape index (κ3) is 47.6. The van der Waals surface area contributed by atoms with Gasteiger partial charge < -0.3 is 20.1 Å². The fraction of sp³-hybridized carbons (Fsp3) is 0.860. The molecule has 0 heterocycles. The molecular formula is C50H96NO7P. The molecule has 2 unspecified atom stereocenters. The van der Waals surface area contributed by atoms with Crippen LogP contribution in [0, 0.1) is 0 Å². The van der Waals surface area contributed by atoms with Gasteiger partial charge in [-0.1, -0.05) is 204 Å². The minimum Gasteiger partial charge on any atom is -0.457 e. The lowest BCUT2D eigenvalue weighted by Crippen LogP contribution is -2.28. The first-order valence-electron chi connectivity index (χ1n) is 25.0. The summed E-state index contributed by atoms with van der Waals surface area (Å²) in [4.78, 5) is 22.6. The number of esters is 1. The van der Waals surface area contributed by atoms with Gasteiger partial charge in [0.2, 0.25) is 0 Å². The maximum Gasteiger partial charge on any atom is 0.472 e. The molecule has 0 aromatic rings. The minimum atomic E-state index is -4.28. The number of carbonyl (C=O) groups is 1. The highest BCUT2D eigenvalue weighted by atomic mass is 31.2. The molecule has 0 aromatic heterocycles. The summed E-state index contributed by atoms with van der Waals surface area (Å²) in [6.07, 6.45) is 56.1. The van der Waals surface area contributed by atoms with Gasteiger partial charge in [0.1, 0.15) is 6.10 Å². The van der Waals surface area contributed by atoms with Crippen molar-refractivity contribution >= 4 is 13.8 Å². The zero-order valence-electron chi connectivity index (χ0n) is 38.7. The van der Waals surface area contributed by atoms with Crippen LogP contribution < -0.4 is 5.73 Å². The average molecular weight is 854 g/mol. The summed E-state index contributed by atoms with van der Waals surface area (Å²) in [5.41, 5.74) is 5.38. The standard InChI is InChI=1S/C50H96NO7P/c1-3-5-7-9-11-13-15-17-19-20-21-22-23-24-25-26-27-28-29-31-33-35-37-39-41-43-50(52)58-49(48-57-59(53,54)56-46-44-51)47-55-45-42-40-38-36-34-32-30-18-16-14-12-10-8-6-4-2/h10,12,16,18,20-21,49H,3-9,11,13-15,17,19,22-48,51H2,1-2H3,(H,53,54)/b12-10-,18-16-,21-20-. The summed E-state index contributed by atoms with van der Waals surface area (Å²) < 4.78 is 33.5. The smallest absolute Gasteiger partial charge is 0.457 e. The van der Waals surface area contributed by atoms with Crippen molar-refractivity contribution in [1.29, 1.82) is 0 Å². The van der Waals surface area contributed by atoms with Gasteiger partial charge in [-0.25, -0.2) is 4.57 Å². The first-order chi connectivity index (χ1) is 28.9. The van der Waals surface area contributed by atoms with Crippen molar-refractivity contribution in [1.82, 2.24) is 0 Å². The Hall–Kier alpha value is -1.28. The highest BCUT2D eigenvalue weighted by Crippen LogP contribution is 2.43. The maximum absolute atomic E-state index is 12.6. The molecule has 0 saturated carbocycles. The molecule has 348 valence electrons. The van der Waals surface area contributed by atoms with E-state index in [1.54, 1.807) is 0 Å². The fourth-order valence-corrected chi connectivity index (χ4v) is 7.83. The second-order valence-corrected chi connectivity index (χ2v) is 18.1. The van der Waals surface area contributed by atoms with Gasteiger partial charge >= 0.3 is 13.8 Å². The molecule has 0 bridgehead atoms. The third-order valence-electron chi connectivity index (χ3n) is 10.8. The van der Waals surface area contributed by atoms with Crippen LogP contribution in [0.5, 0.6) is 0 Å². The molecule has 0 spiro atoms. The third-order valence-corrected chi connectivity index (χ3v) is 11.8. The largest absolute Gasteiger partial charge is 0.472 e. The number of unbranched alkanes of at least 4 members (excludes halogenated alkanes) is 29. The van der Waals surface area contributed by atoms with Gasteiger partial charge in [-0.3, -0.25) is 13.8 Å². The normalized spacial score (nSPS) is 13.6. The van der Waals surface area contributed by atoms with Gasteiger partial charge in [0, 0.05) is 19.6 Å². The van der Waals surface area contributed by atoms with Crippen molar-refractivity contribution in [2.45, 2.75) is 245 Å². The summed E-state index contributed by atoms with van der Waals surface area (Å²) in [6, 6.07) is 0. The molecule has 0 aliphatic rings. The van der Waals surface area contributed by atoms with Crippen LogP contribution >= 0.6 is 7.82 Å². The predicted molar refractivity (Wildman–Crippen MR) is 252 cm³/mol. The molecule has 0 aliphatic carbocycles. The molecule has 8 nitrogen and oxygen atoms in total. The number of carbonyl (C=O) groups excluding carboxylic acids is 1. The molecule has 3 N–H and O–H groups in total. The van der Waals surface area contributed by atoms with Crippen LogP contribution in [0.2, 0.25) is 0 Å². The SMILES string of the molecule is CCCC/C=C\C/C=C\CCCCCCCCOCC(COP(=O)(O)OCCN)OC(=O)CCCCCCCCCCCCCCC/C=C\CCCCCCCCCC. The second kappa shape index (κ2) is 47.8. The quantitative estimate of drug-likeness (QED) is 0.0269. The van der Waals surface area contributed by atoms with E-state index in [0.29, 0.717) is 13.0 Å². The highest BCUT2D eigenvalue weighted by Gasteiger charge is 2.25. The van der Waals surface area contributed by atoms with Gasteiger partial charge in [-0.15, -0.1) is 0 Å². The molecule has 2 atom stereocenters. The van der Waals surface area contributed by atoms with E-state index in [4.69, 9.17) is 24.3 Å². The summed E-state index contributed by atoms with van der Waals surface area (Å²) in [7, 11) is -4.28. The minimum absolute atomic E-state index is 0.0971. The fourth-order valence-electron chi connectivity index (χ4n) is 7.07. The van der Waals surface area contributed by atoms with Crippen molar-refractivity contribution in [2.75, 3.05) is 33.0 Å².